The number of nitrogens with zero attached hydrogens (tertiary/aromatic N) is 1. The summed E-state index contributed by atoms with van der Waals surface area (Å²) < 4.78 is 10.2. The molecule has 2 unspecified atom stereocenters. The van der Waals surface area contributed by atoms with Gasteiger partial charge in [0.2, 0.25) is 0 Å². The first kappa shape index (κ1) is 17.0. The van der Waals surface area contributed by atoms with Gasteiger partial charge in [-0.05, 0) is 38.5 Å². The number of aliphatic hydroxyl groups excluding tert-OH is 2. The zero-order valence-corrected chi connectivity index (χ0v) is 13.2. The number of oxazole rings is 1. The maximum absolute atomic E-state index is 11.5. The molecule has 0 saturated carbocycles. The van der Waals surface area contributed by atoms with Gasteiger partial charge in [0.05, 0.1) is 0 Å². The fourth-order valence-corrected chi connectivity index (χ4v) is 1.98. The third kappa shape index (κ3) is 4.57. The second-order valence-electron chi connectivity index (χ2n) is 6.17. The summed E-state index contributed by atoms with van der Waals surface area (Å²) >= 11 is 0. The molecule has 0 fully saturated rings. The maximum atomic E-state index is 11.5. The fraction of sp³-hybridized carbons (Fsp3) is 0.467. The highest BCUT2D eigenvalue weighted by atomic mass is 16.6. The molecule has 0 saturated heterocycles. The number of ether oxygens (including phenoxy) is 1. The molecule has 0 radical (unpaired) electrons. The molecule has 1 heterocycles. The van der Waals surface area contributed by atoms with Gasteiger partial charge in [-0.3, -0.25) is 0 Å². The second-order valence-corrected chi connectivity index (χ2v) is 6.17. The minimum Gasteiger partial charge on any atom is -0.444 e. The Labute approximate surface area is 133 Å². The first-order valence-electron chi connectivity index (χ1n) is 7.14. The number of alkyl carbamates (subject to hydrolysis) is 1. The molecule has 2 atom stereocenters. The topological polar surface area (TPSA) is 131 Å². The first-order valence-corrected chi connectivity index (χ1v) is 7.14. The van der Waals surface area contributed by atoms with Crippen molar-refractivity contribution in [3.8, 4) is 0 Å². The van der Waals surface area contributed by atoms with Gasteiger partial charge < -0.3 is 30.4 Å². The number of anilines is 1. The third-order valence-corrected chi connectivity index (χ3v) is 2.99. The van der Waals surface area contributed by atoms with E-state index in [0.717, 1.165) is 0 Å². The van der Waals surface area contributed by atoms with Crippen molar-refractivity contribution in [1.29, 1.82) is 0 Å². The van der Waals surface area contributed by atoms with E-state index in [-0.39, 0.29) is 12.6 Å². The average molecular weight is 323 g/mol. The van der Waals surface area contributed by atoms with E-state index < -0.39 is 23.9 Å². The molecular formula is C15H21N3O5. The molecule has 8 heteroatoms. The molecule has 2 aromatic rings. The summed E-state index contributed by atoms with van der Waals surface area (Å²) in [6, 6.07) is 4.79. The first-order chi connectivity index (χ1) is 10.7. The molecule has 0 aliphatic heterocycles. The number of carbonyl (C=O) groups excluding carboxylic acids is 1. The summed E-state index contributed by atoms with van der Waals surface area (Å²) in [5, 5.41) is 22.6. The van der Waals surface area contributed by atoms with Crippen molar-refractivity contribution in [2.75, 3.05) is 12.3 Å². The number of aromatic nitrogens is 1. The van der Waals surface area contributed by atoms with E-state index in [1.54, 1.807) is 39.0 Å². The lowest BCUT2D eigenvalue weighted by molar-refractivity contribution is 0.0130. The number of hydrogen-bond acceptors (Lipinski definition) is 7. The van der Waals surface area contributed by atoms with Crippen LogP contribution in [0.2, 0.25) is 0 Å². The van der Waals surface area contributed by atoms with Gasteiger partial charge in [0.15, 0.2) is 5.58 Å². The Morgan fingerprint density at radius 3 is 2.78 bits per heavy atom. The van der Waals surface area contributed by atoms with Gasteiger partial charge in [-0.25, -0.2) is 4.79 Å². The molecule has 1 amide bonds. The van der Waals surface area contributed by atoms with Crippen molar-refractivity contribution in [2.24, 2.45) is 0 Å². The minimum absolute atomic E-state index is 0.0266. The van der Waals surface area contributed by atoms with Crippen molar-refractivity contribution in [2.45, 2.75) is 38.6 Å². The number of nitrogens with two attached hydrogens (primary N) is 1. The maximum Gasteiger partial charge on any atom is 0.407 e. The molecular weight excluding hydrogens is 302 g/mol. The summed E-state index contributed by atoms with van der Waals surface area (Å²) in [4.78, 5) is 15.5. The smallest absolute Gasteiger partial charge is 0.407 e. The van der Waals surface area contributed by atoms with E-state index in [9.17, 15) is 15.0 Å². The highest BCUT2D eigenvalue weighted by Crippen LogP contribution is 2.23. The largest absolute Gasteiger partial charge is 0.444 e. The highest BCUT2D eigenvalue weighted by Gasteiger charge is 2.22. The molecule has 0 aliphatic rings. The third-order valence-electron chi connectivity index (χ3n) is 2.99. The van der Waals surface area contributed by atoms with E-state index in [1.165, 1.54) is 0 Å². The van der Waals surface area contributed by atoms with E-state index >= 15 is 0 Å². The lowest BCUT2D eigenvalue weighted by Gasteiger charge is -2.22. The summed E-state index contributed by atoms with van der Waals surface area (Å²) in [5.74, 6) is 0. The second kappa shape index (κ2) is 6.43. The van der Waals surface area contributed by atoms with Crippen molar-refractivity contribution >= 4 is 23.2 Å². The lowest BCUT2D eigenvalue weighted by atomic mass is 10.0. The van der Waals surface area contributed by atoms with Crippen LogP contribution >= 0.6 is 0 Å². The van der Waals surface area contributed by atoms with Crippen LogP contribution in [0.1, 0.15) is 32.4 Å². The van der Waals surface area contributed by atoms with Gasteiger partial charge in [-0.1, -0.05) is 6.07 Å². The molecule has 5 N–H and O–H groups in total. The van der Waals surface area contributed by atoms with E-state index in [2.05, 4.69) is 10.3 Å². The highest BCUT2D eigenvalue weighted by molar-refractivity contribution is 5.75. The van der Waals surface area contributed by atoms with Gasteiger partial charge in [0.25, 0.3) is 6.01 Å². The number of nitrogens with one attached hydrogen (secondary N) is 1. The Hall–Kier alpha value is -2.32. The Morgan fingerprint density at radius 1 is 1.43 bits per heavy atom. The minimum atomic E-state index is -1.20. The molecule has 1 aromatic heterocycles. The number of amides is 1. The van der Waals surface area contributed by atoms with E-state index in [1.807, 2.05) is 0 Å². The van der Waals surface area contributed by atoms with Gasteiger partial charge in [-0.2, -0.15) is 4.98 Å². The quantitative estimate of drug-likeness (QED) is 0.667. The molecule has 23 heavy (non-hydrogen) atoms. The molecule has 8 nitrogen and oxygen atoms in total. The number of carbonyl (C=O) groups is 1. The molecule has 0 bridgehead atoms. The number of nitrogen functional groups attached to an aromatic ring is 1. The standard InChI is InChI=1S/C15H21N3O5/c1-15(2,3)23-14(21)17-7-10(19)12(20)8-4-5-11-9(6-8)18-13(16)22-11/h4-6,10,12,19-20H,7H2,1-3H3,(H2,16,18)(H,17,21). The average Bonchev–Trinajstić information content (AvgIpc) is 2.81. The zero-order chi connectivity index (χ0) is 17.2. The van der Waals surface area contributed by atoms with Crippen molar-refractivity contribution < 1.29 is 24.2 Å². The van der Waals surface area contributed by atoms with Gasteiger partial charge in [-0.15, -0.1) is 0 Å². The van der Waals surface area contributed by atoms with Gasteiger partial charge >= 0.3 is 6.09 Å². The number of fused-ring (bicyclic) bond motifs is 1. The fourth-order valence-electron chi connectivity index (χ4n) is 1.98. The van der Waals surface area contributed by atoms with Crippen LogP contribution in [-0.2, 0) is 4.74 Å². The van der Waals surface area contributed by atoms with Crippen LogP contribution in [0.25, 0.3) is 11.1 Å². The molecule has 0 aliphatic carbocycles. The number of aliphatic hydroxyl groups is 2. The normalized spacial score (nSPS) is 14.5. The predicted octanol–water partition coefficient (Wildman–Crippen LogP) is 1.33. The van der Waals surface area contributed by atoms with E-state index in [4.69, 9.17) is 14.9 Å². The monoisotopic (exact) mass is 323 g/mol. The Bertz CT molecular complexity index is 692. The summed E-state index contributed by atoms with van der Waals surface area (Å²) in [5.41, 5.74) is 6.22. The van der Waals surface area contributed by atoms with Crippen molar-refractivity contribution in [3.63, 3.8) is 0 Å². The number of hydrogen-bond donors (Lipinski definition) is 4. The van der Waals surface area contributed by atoms with Crippen LogP contribution < -0.4 is 11.1 Å². The van der Waals surface area contributed by atoms with Crippen LogP contribution in [0.15, 0.2) is 22.6 Å². The molecule has 1 aromatic carbocycles. The summed E-state index contributed by atoms with van der Waals surface area (Å²) in [6.45, 7) is 5.04. The SMILES string of the molecule is CC(C)(C)OC(=O)NCC(O)C(O)c1ccc2oc(N)nc2c1. The lowest BCUT2D eigenvalue weighted by Crippen LogP contribution is -2.38. The van der Waals surface area contributed by atoms with Crippen LogP contribution in [0.3, 0.4) is 0 Å². The van der Waals surface area contributed by atoms with Crippen molar-refractivity contribution in [3.05, 3.63) is 23.8 Å². The van der Waals surface area contributed by atoms with Gasteiger partial charge in [0, 0.05) is 6.54 Å². The Balaban J connectivity index is 1.97. The number of benzene rings is 1. The molecule has 2 rings (SSSR count). The predicted molar refractivity (Wildman–Crippen MR) is 83.6 cm³/mol. The zero-order valence-electron chi connectivity index (χ0n) is 13.2. The van der Waals surface area contributed by atoms with Gasteiger partial charge in [0.1, 0.15) is 23.3 Å². The van der Waals surface area contributed by atoms with E-state index in [0.29, 0.717) is 16.7 Å². The van der Waals surface area contributed by atoms with Crippen LogP contribution in [-0.4, -0.2) is 39.5 Å². The Kier molecular flexibility index (Phi) is 4.76. The summed E-state index contributed by atoms with van der Waals surface area (Å²) in [6.07, 6.45) is -3.07. The van der Waals surface area contributed by atoms with Crippen LogP contribution in [0.4, 0.5) is 10.8 Å². The van der Waals surface area contributed by atoms with Crippen molar-refractivity contribution in [1.82, 2.24) is 10.3 Å². The molecule has 126 valence electrons. The number of rotatable bonds is 4. The molecule has 0 spiro atoms. The van der Waals surface area contributed by atoms with Crippen LogP contribution in [0.5, 0.6) is 0 Å². The summed E-state index contributed by atoms with van der Waals surface area (Å²) in [7, 11) is 0. The van der Waals surface area contributed by atoms with Crippen LogP contribution in [0, 0.1) is 0 Å². The Morgan fingerprint density at radius 2 is 2.13 bits per heavy atom.